The number of hydrogen-bond acceptors (Lipinski definition) is 5. The molecule has 5 rings (SSSR count). The van der Waals surface area contributed by atoms with Gasteiger partial charge in [-0.2, -0.15) is 0 Å². The minimum atomic E-state index is -0.133. The fraction of sp³-hybridized carbons (Fsp3) is 0.258. The molecular formula is C31H32N4O2. The van der Waals surface area contributed by atoms with Crippen LogP contribution in [0.25, 0.3) is 10.9 Å². The van der Waals surface area contributed by atoms with Crippen molar-refractivity contribution >= 4 is 34.1 Å². The molecule has 0 bridgehead atoms. The third-order valence-corrected chi connectivity index (χ3v) is 7.01. The van der Waals surface area contributed by atoms with Crippen LogP contribution in [0.2, 0.25) is 0 Å². The molecule has 0 spiro atoms. The van der Waals surface area contributed by atoms with Crippen LogP contribution < -0.4 is 15.5 Å². The van der Waals surface area contributed by atoms with Gasteiger partial charge in [-0.1, -0.05) is 60.7 Å². The number of anilines is 2. The second kappa shape index (κ2) is 10.8. The van der Waals surface area contributed by atoms with Crippen molar-refractivity contribution in [3.63, 3.8) is 0 Å². The maximum absolute atomic E-state index is 13.0. The van der Waals surface area contributed by atoms with Crippen LogP contribution >= 0.6 is 0 Å². The molecule has 1 saturated carbocycles. The van der Waals surface area contributed by atoms with Crippen molar-refractivity contribution in [2.45, 2.75) is 37.8 Å². The Morgan fingerprint density at radius 1 is 0.757 bits per heavy atom. The maximum Gasteiger partial charge on any atom is 0.251 e. The van der Waals surface area contributed by atoms with E-state index in [4.69, 9.17) is 4.98 Å². The van der Waals surface area contributed by atoms with E-state index in [0.29, 0.717) is 22.7 Å². The number of rotatable bonds is 7. The number of aromatic nitrogens is 1. The Bertz CT molecular complexity index is 1410. The predicted molar refractivity (Wildman–Crippen MR) is 150 cm³/mol. The van der Waals surface area contributed by atoms with E-state index in [9.17, 15) is 9.59 Å². The van der Waals surface area contributed by atoms with Crippen LogP contribution in [0.4, 0.5) is 11.5 Å². The van der Waals surface area contributed by atoms with Crippen LogP contribution in [0.1, 0.15) is 52.0 Å². The number of amides is 1. The third kappa shape index (κ3) is 5.64. The smallest absolute Gasteiger partial charge is 0.251 e. The minimum Gasteiger partial charge on any atom is -0.377 e. The normalized spacial score (nSPS) is 17.2. The highest BCUT2D eigenvalue weighted by molar-refractivity contribution is 6.10. The van der Waals surface area contributed by atoms with Gasteiger partial charge >= 0.3 is 0 Å². The van der Waals surface area contributed by atoms with E-state index < -0.39 is 0 Å². The number of benzene rings is 3. The summed E-state index contributed by atoms with van der Waals surface area (Å²) in [4.78, 5) is 32.7. The standard InChI is InChI=1S/C31H32N4O2/c1-35(2)28-20-29(34-27-14-7-6-13-26(27)28)32-24-15-17-25(18-16-24)33-31(37)23-12-8-11-22(19-23)30(36)21-9-4-3-5-10-21/h3-14,19-20,24-25H,15-18H2,1-2H3,(H,32,34)(H,33,37)/t24-,25+. The number of nitrogens with zero attached hydrogens (tertiary/aromatic N) is 2. The molecule has 0 atom stereocenters. The van der Waals surface area contributed by atoms with E-state index in [-0.39, 0.29) is 17.7 Å². The Labute approximate surface area is 217 Å². The Morgan fingerprint density at radius 2 is 1.41 bits per heavy atom. The first-order valence-corrected chi connectivity index (χ1v) is 12.8. The summed E-state index contributed by atoms with van der Waals surface area (Å²) in [6, 6.07) is 26.8. The van der Waals surface area contributed by atoms with Crippen LogP contribution in [0.15, 0.2) is 84.9 Å². The molecule has 0 saturated heterocycles. The number of carbonyl (C=O) groups excluding carboxylic acids is 2. The van der Waals surface area contributed by atoms with Crippen LogP contribution in [0.5, 0.6) is 0 Å². The number of hydrogen-bond donors (Lipinski definition) is 2. The Kier molecular flexibility index (Phi) is 7.17. The summed E-state index contributed by atoms with van der Waals surface area (Å²) in [6.07, 6.45) is 3.67. The average molecular weight is 493 g/mol. The lowest BCUT2D eigenvalue weighted by molar-refractivity contribution is 0.0926. The van der Waals surface area contributed by atoms with Gasteiger partial charge in [-0.25, -0.2) is 4.98 Å². The lowest BCUT2D eigenvalue weighted by Gasteiger charge is -2.30. The molecule has 3 aromatic carbocycles. The van der Waals surface area contributed by atoms with Crippen molar-refractivity contribution in [1.29, 1.82) is 0 Å². The third-order valence-electron chi connectivity index (χ3n) is 7.01. The first-order valence-electron chi connectivity index (χ1n) is 12.8. The predicted octanol–water partition coefficient (Wildman–Crippen LogP) is 5.68. The van der Waals surface area contributed by atoms with Gasteiger partial charge in [-0.05, 0) is 43.9 Å². The van der Waals surface area contributed by atoms with Crippen molar-refractivity contribution in [2.24, 2.45) is 0 Å². The van der Waals surface area contributed by atoms with Crippen LogP contribution in [0.3, 0.4) is 0 Å². The highest BCUT2D eigenvalue weighted by Crippen LogP contribution is 2.29. The summed E-state index contributed by atoms with van der Waals surface area (Å²) in [5, 5.41) is 7.93. The molecule has 1 aliphatic rings. The molecule has 1 aliphatic carbocycles. The van der Waals surface area contributed by atoms with Crippen molar-refractivity contribution in [2.75, 3.05) is 24.3 Å². The van der Waals surface area contributed by atoms with Crippen LogP contribution in [-0.4, -0.2) is 42.9 Å². The molecule has 2 N–H and O–H groups in total. The fourth-order valence-corrected chi connectivity index (χ4v) is 5.02. The quantitative estimate of drug-likeness (QED) is 0.325. The largest absolute Gasteiger partial charge is 0.377 e. The van der Waals surface area contributed by atoms with Gasteiger partial charge in [0.2, 0.25) is 0 Å². The number of ketones is 1. The number of pyridine rings is 1. The zero-order valence-electron chi connectivity index (χ0n) is 21.3. The van der Waals surface area contributed by atoms with Gasteiger partial charge in [-0.15, -0.1) is 0 Å². The molecule has 37 heavy (non-hydrogen) atoms. The summed E-state index contributed by atoms with van der Waals surface area (Å²) in [6.45, 7) is 0. The molecule has 1 heterocycles. The summed E-state index contributed by atoms with van der Waals surface area (Å²) >= 11 is 0. The van der Waals surface area contributed by atoms with Gasteiger partial charge in [0.1, 0.15) is 5.82 Å². The second-order valence-electron chi connectivity index (χ2n) is 9.88. The van der Waals surface area contributed by atoms with Gasteiger partial charge in [-0.3, -0.25) is 9.59 Å². The molecule has 1 fully saturated rings. The second-order valence-corrected chi connectivity index (χ2v) is 9.88. The van der Waals surface area contributed by atoms with E-state index in [0.717, 1.165) is 48.1 Å². The molecule has 6 heteroatoms. The highest BCUT2D eigenvalue weighted by Gasteiger charge is 2.24. The van der Waals surface area contributed by atoms with Crippen LogP contribution in [0, 0.1) is 0 Å². The van der Waals surface area contributed by atoms with Crippen molar-refractivity contribution in [3.05, 3.63) is 102 Å². The number of para-hydroxylation sites is 1. The molecule has 1 amide bonds. The van der Waals surface area contributed by atoms with Crippen LogP contribution in [-0.2, 0) is 0 Å². The molecule has 4 aromatic rings. The van der Waals surface area contributed by atoms with E-state index in [1.54, 1.807) is 36.4 Å². The topological polar surface area (TPSA) is 74.3 Å². The number of fused-ring (bicyclic) bond motifs is 1. The Balaban J connectivity index is 1.19. The van der Waals surface area contributed by atoms with Gasteiger partial charge in [0.15, 0.2) is 5.78 Å². The summed E-state index contributed by atoms with van der Waals surface area (Å²) in [5.41, 5.74) is 3.77. The zero-order valence-corrected chi connectivity index (χ0v) is 21.3. The van der Waals surface area contributed by atoms with Crippen molar-refractivity contribution < 1.29 is 9.59 Å². The van der Waals surface area contributed by atoms with E-state index in [2.05, 4.69) is 27.7 Å². The van der Waals surface area contributed by atoms with Gasteiger partial charge in [0, 0.05) is 60.0 Å². The Hall–Kier alpha value is -4.19. The molecule has 0 unspecified atom stereocenters. The van der Waals surface area contributed by atoms with Gasteiger partial charge in [0.25, 0.3) is 5.91 Å². The Morgan fingerprint density at radius 3 is 2.16 bits per heavy atom. The summed E-state index contributed by atoms with van der Waals surface area (Å²) in [7, 11) is 4.10. The summed E-state index contributed by atoms with van der Waals surface area (Å²) in [5.74, 6) is 0.669. The zero-order chi connectivity index (χ0) is 25.8. The molecular weight excluding hydrogens is 460 g/mol. The molecule has 188 valence electrons. The summed E-state index contributed by atoms with van der Waals surface area (Å²) < 4.78 is 0. The lowest BCUT2D eigenvalue weighted by atomic mass is 9.91. The lowest BCUT2D eigenvalue weighted by Crippen LogP contribution is -2.40. The van der Waals surface area contributed by atoms with E-state index >= 15 is 0 Å². The van der Waals surface area contributed by atoms with Gasteiger partial charge in [0.05, 0.1) is 5.52 Å². The first-order chi connectivity index (χ1) is 18.0. The molecule has 6 nitrogen and oxygen atoms in total. The highest BCUT2D eigenvalue weighted by atomic mass is 16.1. The molecule has 0 aliphatic heterocycles. The van der Waals surface area contributed by atoms with Crippen molar-refractivity contribution in [3.8, 4) is 0 Å². The molecule has 1 aromatic heterocycles. The molecule has 0 radical (unpaired) electrons. The van der Waals surface area contributed by atoms with Crippen molar-refractivity contribution in [1.82, 2.24) is 10.3 Å². The SMILES string of the molecule is CN(C)c1cc(N[C@H]2CC[C@@H](NC(=O)c3cccc(C(=O)c4ccccc4)c3)CC2)nc2ccccc12. The fourth-order valence-electron chi connectivity index (χ4n) is 5.02. The van der Waals surface area contributed by atoms with E-state index in [1.165, 1.54) is 0 Å². The number of carbonyl (C=O) groups is 2. The van der Waals surface area contributed by atoms with E-state index in [1.807, 2.05) is 50.5 Å². The number of nitrogens with one attached hydrogen (secondary N) is 2. The maximum atomic E-state index is 13.0. The minimum absolute atomic E-state index is 0.0819. The van der Waals surface area contributed by atoms with Gasteiger partial charge < -0.3 is 15.5 Å². The monoisotopic (exact) mass is 492 g/mol. The first kappa shape index (κ1) is 24.5. The average Bonchev–Trinajstić information content (AvgIpc) is 2.93.